The topological polar surface area (TPSA) is 50.2 Å². The van der Waals surface area contributed by atoms with Crippen LogP contribution in [0.3, 0.4) is 0 Å². The predicted octanol–water partition coefficient (Wildman–Crippen LogP) is 1.72. The molecule has 0 radical (unpaired) electrons. The van der Waals surface area contributed by atoms with Gasteiger partial charge < -0.3 is 5.11 Å². The molecule has 1 aliphatic rings. The third-order valence-corrected chi connectivity index (χ3v) is 2.74. The lowest BCUT2D eigenvalue weighted by Gasteiger charge is -1.91. The lowest BCUT2D eigenvalue weighted by molar-refractivity contribution is 0.0690. The van der Waals surface area contributed by atoms with Crippen LogP contribution in [0.25, 0.3) is 0 Å². The highest BCUT2D eigenvalue weighted by Gasteiger charge is 2.30. The molecule has 1 saturated carbocycles. The van der Waals surface area contributed by atoms with Crippen LogP contribution in [0, 0.1) is 0 Å². The Morgan fingerprint density at radius 2 is 2.45 bits per heavy atom. The fraction of sp³-hybridized carbons (Fsp3) is 0.429. The van der Waals surface area contributed by atoms with Crippen molar-refractivity contribution in [2.45, 2.75) is 18.8 Å². The number of carboxylic acid groups (broad SMARTS) is 1. The maximum Gasteiger partial charge on any atom is 0.355 e. The van der Waals surface area contributed by atoms with Crippen LogP contribution in [0.5, 0.6) is 0 Å². The van der Waals surface area contributed by atoms with Gasteiger partial charge in [-0.3, -0.25) is 0 Å². The lowest BCUT2D eigenvalue weighted by Crippen LogP contribution is -1.99. The zero-order valence-electron chi connectivity index (χ0n) is 5.78. The van der Waals surface area contributed by atoms with Gasteiger partial charge in [0.1, 0.15) is 0 Å². The predicted molar refractivity (Wildman–Crippen MR) is 41.0 cm³/mol. The van der Waals surface area contributed by atoms with Crippen molar-refractivity contribution in [2.24, 2.45) is 0 Å². The second-order valence-corrected chi connectivity index (χ2v) is 3.53. The molecule has 58 valence electrons. The summed E-state index contributed by atoms with van der Waals surface area (Å²) in [6.07, 6.45) is 2.25. The van der Waals surface area contributed by atoms with Crippen molar-refractivity contribution in [2.75, 3.05) is 0 Å². The Balaban J connectivity index is 2.37. The second-order valence-electron chi connectivity index (χ2n) is 2.64. The highest BCUT2D eigenvalue weighted by atomic mass is 32.1. The summed E-state index contributed by atoms with van der Waals surface area (Å²) in [7, 11) is 0. The first kappa shape index (κ1) is 6.79. The number of hydrogen-bond donors (Lipinski definition) is 1. The van der Waals surface area contributed by atoms with Gasteiger partial charge in [-0.1, -0.05) is 0 Å². The molecule has 1 aromatic heterocycles. The minimum atomic E-state index is -0.895. The first-order valence-corrected chi connectivity index (χ1v) is 4.33. The summed E-state index contributed by atoms with van der Waals surface area (Å²) in [5, 5.41) is 8.68. The molecule has 1 aliphatic carbocycles. The third-order valence-electron chi connectivity index (χ3n) is 1.75. The van der Waals surface area contributed by atoms with E-state index in [0.717, 1.165) is 17.7 Å². The molecule has 1 heterocycles. The molecule has 1 N–H and O–H groups in total. The van der Waals surface area contributed by atoms with Crippen molar-refractivity contribution in [3.05, 3.63) is 16.1 Å². The fourth-order valence-electron chi connectivity index (χ4n) is 1.05. The van der Waals surface area contributed by atoms with Gasteiger partial charge in [-0.15, -0.1) is 11.3 Å². The van der Waals surface area contributed by atoms with E-state index in [-0.39, 0.29) is 5.69 Å². The van der Waals surface area contributed by atoms with Crippen LogP contribution in [0.2, 0.25) is 0 Å². The number of nitrogens with zero attached hydrogens (tertiary/aromatic N) is 1. The maximum atomic E-state index is 10.6. The molecule has 2 rings (SSSR count). The van der Waals surface area contributed by atoms with E-state index in [1.54, 1.807) is 5.51 Å². The molecule has 4 heteroatoms. The highest BCUT2D eigenvalue weighted by Crippen LogP contribution is 2.43. The van der Waals surface area contributed by atoms with Gasteiger partial charge in [0.05, 0.1) is 5.51 Å². The van der Waals surface area contributed by atoms with Crippen molar-refractivity contribution in [1.82, 2.24) is 4.98 Å². The zero-order chi connectivity index (χ0) is 7.84. The van der Waals surface area contributed by atoms with Crippen molar-refractivity contribution in [3.8, 4) is 0 Å². The summed E-state index contributed by atoms with van der Waals surface area (Å²) in [6.45, 7) is 0. The van der Waals surface area contributed by atoms with Crippen molar-refractivity contribution < 1.29 is 9.90 Å². The highest BCUT2D eigenvalue weighted by molar-refractivity contribution is 7.10. The minimum Gasteiger partial charge on any atom is -0.476 e. The van der Waals surface area contributed by atoms with E-state index in [4.69, 9.17) is 5.11 Å². The Morgan fingerprint density at radius 1 is 1.73 bits per heavy atom. The van der Waals surface area contributed by atoms with Crippen LogP contribution in [0.1, 0.15) is 34.1 Å². The molecule has 0 amide bonds. The minimum absolute atomic E-state index is 0.262. The number of carboxylic acids is 1. The summed E-state index contributed by atoms with van der Waals surface area (Å²) in [5.41, 5.74) is 1.87. The van der Waals surface area contributed by atoms with Gasteiger partial charge in [-0.25, -0.2) is 9.78 Å². The first-order chi connectivity index (χ1) is 5.29. The van der Waals surface area contributed by atoms with E-state index < -0.39 is 5.97 Å². The van der Waals surface area contributed by atoms with Crippen molar-refractivity contribution >= 4 is 17.3 Å². The van der Waals surface area contributed by atoms with Gasteiger partial charge in [-0.2, -0.15) is 0 Å². The number of hydrogen-bond acceptors (Lipinski definition) is 3. The Bertz CT molecular complexity index is 290. The Hall–Kier alpha value is -0.900. The number of carbonyl (C=O) groups is 1. The van der Waals surface area contributed by atoms with Crippen LogP contribution >= 0.6 is 11.3 Å². The van der Waals surface area contributed by atoms with E-state index in [1.165, 1.54) is 11.3 Å². The fourth-order valence-corrected chi connectivity index (χ4v) is 2.00. The van der Waals surface area contributed by atoms with E-state index in [1.807, 2.05) is 0 Å². The van der Waals surface area contributed by atoms with E-state index in [9.17, 15) is 4.79 Å². The summed E-state index contributed by atoms with van der Waals surface area (Å²) >= 11 is 1.46. The Kier molecular flexibility index (Phi) is 1.42. The van der Waals surface area contributed by atoms with Gasteiger partial charge in [0, 0.05) is 4.88 Å². The molecule has 0 spiro atoms. The van der Waals surface area contributed by atoms with Crippen molar-refractivity contribution in [3.63, 3.8) is 0 Å². The average molecular weight is 169 g/mol. The molecular weight excluding hydrogens is 162 g/mol. The van der Waals surface area contributed by atoms with Gasteiger partial charge in [0.15, 0.2) is 5.69 Å². The zero-order valence-corrected chi connectivity index (χ0v) is 6.60. The average Bonchev–Trinajstić information content (AvgIpc) is 2.68. The molecule has 0 aliphatic heterocycles. The van der Waals surface area contributed by atoms with E-state index in [0.29, 0.717) is 5.92 Å². The summed E-state index contributed by atoms with van der Waals surface area (Å²) in [5.74, 6) is -0.401. The molecule has 1 fully saturated rings. The standard InChI is InChI=1S/C7H7NO2S/c9-7(10)5-6(4-1-2-4)11-3-8-5/h3-4H,1-2H2,(H,9,10). The van der Waals surface area contributed by atoms with Crippen LogP contribution in [0.15, 0.2) is 5.51 Å². The smallest absolute Gasteiger partial charge is 0.355 e. The SMILES string of the molecule is O=C(O)c1ncsc1C1CC1. The lowest BCUT2D eigenvalue weighted by atomic mass is 10.3. The van der Waals surface area contributed by atoms with Crippen LogP contribution in [-0.2, 0) is 0 Å². The van der Waals surface area contributed by atoms with E-state index in [2.05, 4.69) is 4.98 Å². The molecular formula is C7H7NO2S. The molecule has 0 unspecified atom stereocenters. The normalized spacial score (nSPS) is 16.7. The number of aromatic nitrogens is 1. The molecule has 0 saturated heterocycles. The second kappa shape index (κ2) is 2.30. The van der Waals surface area contributed by atoms with Crippen LogP contribution < -0.4 is 0 Å². The summed E-state index contributed by atoms with van der Waals surface area (Å²) < 4.78 is 0. The molecule has 0 atom stereocenters. The molecule has 3 nitrogen and oxygen atoms in total. The Morgan fingerprint density at radius 3 is 3.00 bits per heavy atom. The largest absolute Gasteiger partial charge is 0.476 e. The molecule has 11 heavy (non-hydrogen) atoms. The van der Waals surface area contributed by atoms with E-state index >= 15 is 0 Å². The van der Waals surface area contributed by atoms with Gasteiger partial charge >= 0.3 is 5.97 Å². The molecule has 0 bridgehead atoms. The third kappa shape index (κ3) is 1.14. The first-order valence-electron chi connectivity index (χ1n) is 3.45. The van der Waals surface area contributed by atoms with Gasteiger partial charge in [0.25, 0.3) is 0 Å². The summed E-state index contributed by atoms with van der Waals surface area (Å²) in [6, 6.07) is 0. The number of aromatic carboxylic acids is 1. The Labute approximate surface area is 67.7 Å². The van der Waals surface area contributed by atoms with Gasteiger partial charge in [0.2, 0.25) is 0 Å². The number of rotatable bonds is 2. The number of thiazole rings is 1. The maximum absolute atomic E-state index is 10.6. The monoisotopic (exact) mass is 169 g/mol. The van der Waals surface area contributed by atoms with Crippen LogP contribution in [0.4, 0.5) is 0 Å². The summed E-state index contributed by atoms with van der Waals surface area (Å²) in [4.78, 5) is 15.3. The molecule has 0 aromatic carbocycles. The van der Waals surface area contributed by atoms with Crippen molar-refractivity contribution in [1.29, 1.82) is 0 Å². The molecule has 1 aromatic rings. The quantitative estimate of drug-likeness (QED) is 0.733. The van der Waals surface area contributed by atoms with Crippen LogP contribution in [-0.4, -0.2) is 16.1 Å². The van der Waals surface area contributed by atoms with Gasteiger partial charge in [-0.05, 0) is 18.8 Å².